The van der Waals surface area contributed by atoms with Crippen molar-refractivity contribution in [1.29, 1.82) is 10.5 Å². The Bertz CT molecular complexity index is 3420. The summed E-state index contributed by atoms with van der Waals surface area (Å²) in [5.74, 6) is 0. The lowest BCUT2D eigenvalue weighted by molar-refractivity contribution is 1.13. The van der Waals surface area contributed by atoms with Crippen LogP contribution in [0.15, 0.2) is 176 Å². The highest BCUT2D eigenvalue weighted by atomic mass is 15.1. The Morgan fingerprint density at radius 2 is 0.927 bits per heavy atom. The first-order valence-corrected chi connectivity index (χ1v) is 18.3. The molecule has 0 aliphatic carbocycles. The van der Waals surface area contributed by atoms with Crippen LogP contribution < -0.4 is 0 Å². The lowest BCUT2D eigenvalue weighted by atomic mass is 10.0. The van der Waals surface area contributed by atoms with Gasteiger partial charge in [-0.1, -0.05) is 109 Å². The topological polar surface area (TPSA) is 62.4 Å². The number of para-hydroxylation sites is 5. The third-order valence-corrected chi connectivity index (χ3v) is 11.1. The Hall–Kier alpha value is -7.86. The van der Waals surface area contributed by atoms with Crippen LogP contribution in [0.2, 0.25) is 0 Å². The van der Waals surface area contributed by atoms with E-state index in [2.05, 4.69) is 165 Å². The highest BCUT2D eigenvalue weighted by Crippen LogP contribution is 2.42. The number of hydrogen-bond acceptors (Lipinski definition) is 2. The molecule has 5 heteroatoms. The first kappa shape index (κ1) is 30.7. The van der Waals surface area contributed by atoms with Gasteiger partial charge in [-0.25, -0.2) is 0 Å². The number of nitriles is 2. The van der Waals surface area contributed by atoms with E-state index in [4.69, 9.17) is 0 Å². The Kier molecular flexibility index (Phi) is 6.61. The second kappa shape index (κ2) is 11.8. The van der Waals surface area contributed by atoms with Crippen molar-refractivity contribution in [1.82, 2.24) is 13.7 Å². The molecule has 11 rings (SSSR count). The van der Waals surface area contributed by atoms with Crippen LogP contribution >= 0.6 is 0 Å². The van der Waals surface area contributed by atoms with Gasteiger partial charge >= 0.3 is 0 Å². The fraction of sp³-hybridized carbons (Fsp3) is 0. The Balaban J connectivity index is 1.20. The molecular weight excluding hydrogens is 671 g/mol. The minimum Gasteiger partial charge on any atom is -0.309 e. The molecule has 0 saturated carbocycles. The van der Waals surface area contributed by atoms with Crippen molar-refractivity contribution in [3.63, 3.8) is 0 Å². The van der Waals surface area contributed by atoms with Gasteiger partial charge in [0, 0.05) is 43.6 Å². The molecule has 0 saturated heterocycles. The van der Waals surface area contributed by atoms with Crippen LogP contribution in [0.5, 0.6) is 0 Å². The van der Waals surface area contributed by atoms with Gasteiger partial charge in [0.15, 0.2) is 0 Å². The van der Waals surface area contributed by atoms with Gasteiger partial charge in [-0.05, 0) is 72.3 Å². The molecule has 0 bridgehead atoms. The molecule has 0 N–H and O–H groups in total. The maximum absolute atomic E-state index is 10.1. The van der Waals surface area contributed by atoms with E-state index >= 15 is 0 Å². The standard InChI is InChI=1S/C50H29N5/c51-30-32-26-27-36(48(28-32)55-45-23-8-4-18-41(45)49-34(31-52)13-10-24-46(49)55)33-12-9-14-35(29-33)53-42-20-5-3-17-39(42)40-19-11-25-47(50(40)53)54-43-21-6-1-15-37(43)38-16-2-7-22-44(38)54/h1-29H. The van der Waals surface area contributed by atoms with Gasteiger partial charge in [0.05, 0.1) is 67.7 Å². The smallest absolute Gasteiger partial charge is 0.0998 e. The summed E-state index contributed by atoms with van der Waals surface area (Å²) in [5.41, 5.74) is 12.7. The Labute approximate surface area is 316 Å². The van der Waals surface area contributed by atoms with Crippen molar-refractivity contribution < 1.29 is 0 Å². The quantitative estimate of drug-likeness (QED) is 0.184. The minimum absolute atomic E-state index is 0.565. The van der Waals surface area contributed by atoms with Crippen molar-refractivity contribution in [2.24, 2.45) is 0 Å². The third kappa shape index (κ3) is 4.39. The maximum Gasteiger partial charge on any atom is 0.0998 e. The second-order valence-electron chi connectivity index (χ2n) is 14.0. The van der Waals surface area contributed by atoms with E-state index in [9.17, 15) is 10.5 Å². The first-order valence-electron chi connectivity index (χ1n) is 18.3. The normalized spacial score (nSPS) is 11.6. The van der Waals surface area contributed by atoms with Gasteiger partial charge in [0.25, 0.3) is 0 Å². The SMILES string of the molecule is N#Cc1ccc(-c2cccc(-n3c4ccccc4c4cccc(-n5c6ccccc6c6ccccc65)c43)c2)c(-n2c3ccccc3c3c(C#N)cccc32)c1. The summed E-state index contributed by atoms with van der Waals surface area (Å²) < 4.78 is 7.01. The molecule has 11 aromatic rings. The van der Waals surface area contributed by atoms with E-state index in [1.807, 2.05) is 36.4 Å². The van der Waals surface area contributed by atoms with E-state index in [-0.39, 0.29) is 0 Å². The molecule has 0 aliphatic rings. The largest absolute Gasteiger partial charge is 0.309 e. The molecule has 3 aromatic heterocycles. The van der Waals surface area contributed by atoms with Crippen molar-refractivity contribution in [2.75, 3.05) is 0 Å². The zero-order valence-electron chi connectivity index (χ0n) is 29.5. The fourth-order valence-corrected chi connectivity index (χ4v) is 8.85. The predicted octanol–water partition coefficient (Wildman–Crippen LogP) is 12.4. The second-order valence-corrected chi connectivity index (χ2v) is 14.0. The number of benzene rings is 8. The molecule has 0 unspecified atom stereocenters. The summed E-state index contributed by atoms with van der Waals surface area (Å²) in [6, 6.07) is 66.0. The van der Waals surface area contributed by atoms with Gasteiger partial charge in [0.2, 0.25) is 0 Å². The van der Waals surface area contributed by atoms with Crippen LogP contribution in [0.4, 0.5) is 0 Å². The van der Waals surface area contributed by atoms with E-state index in [0.717, 1.165) is 72.1 Å². The van der Waals surface area contributed by atoms with Crippen LogP contribution in [0, 0.1) is 22.7 Å². The molecule has 8 aromatic carbocycles. The lowest BCUT2D eigenvalue weighted by Crippen LogP contribution is -2.01. The van der Waals surface area contributed by atoms with E-state index in [1.165, 1.54) is 21.5 Å². The maximum atomic E-state index is 10.1. The number of rotatable bonds is 4. The monoisotopic (exact) mass is 699 g/mol. The molecule has 0 fully saturated rings. The van der Waals surface area contributed by atoms with Crippen molar-refractivity contribution in [2.45, 2.75) is 0 Å². The average Bonchev–Trinajstić information content (AvgIpc) is 3.89. The first-order chi connectivity index (χ1) is 27.2. The minimum atomic E-state index is 0.565. The van der Waals surface area contributed by atoms with Crippen molar-refractivity contribution in [3.8, 4) is 40.3 Å². The molecule has 0 spiro atoms. The molecule has 0 aliphatic heterocycles. The summed E-state index contributed by atoms with van der Waals surface area (Å²) in [6.07, 6.45) is 0. The van der Waals surface area contributed by atoms with Gasteiger partial charge < -0.3 is 13.7 Å². The molecule has 0 amide bonds. The predicted molar refractivity (Wildman–Crippen MR) is 224 cm³/mol. The van der Waals surface area contributed by atoms with Crippen molar-refractivity contribution >= 4 is 65.4 Å². The Morgan fingerprint density at radius 3 is 1.62 bits per heavy atom. The molecule has 254 valence electrons. The Morgan fingerprint density at radius 1 is 0.382 bits per heavy atom. The summed E-state index contributed by atoms with van der Waals surface area (Å²) in [7, 11) is 0. The summed E-state index contributed by atoms with van der Waals surface area (Å²) in [6.45, 7) is 0. The molecule has 0 atom stereocenters. The van der Waals surface area contributed by atoms with Crippen LogP contribution in [0.3, 0.4) is 0 Å². The van der Waals surface area contributed by atoms with E-state index < -0.39 is 0 Å². The average molecular weight is 700 g/mol. The summed E-state index contributed by atoms with van der Waals surface area (Å²) in [5, 5.41) is 27.0. The van der Waals surface area contributed by atoms with Gasteiger partial charge in [-0.3, -0.25) is 0 Å². The third-order valence-electron chi connectivity index (χ3n) is 11.1. The lowest BCUT2D eigenvalue weighted by Gasteiger charge is -2.17. The molecule has 3 heterocycles. The highest BCUT2D eigenvalue weighted by molar-refractivity contribution is 6.15. The van der Waals surface area contributed by atoms with Crippen LogP contribution in [-0.2, 0) is 0 Å². The molecule has 55 heavy (non-hydrogen) atoms. The van der Waals surface area contributed by atoms with Crippen LogP contribution in [0.25, 0.3) is 93.6 Å². The zero-order chi connectivity index (χ0) is 36.6. The van der Waals surface area contributed by atoms with Gasteiger partial charge in [-0.15, -0.1) is 0 Å². The molecule has 0 radical (unpaired) electrons. The number of aromatic nitrogens is 3. The molecule has 5 nitrogen and oxygen atoms in total. The fourth-order valence-electron chi connectivity index (χ4n) is 8.85. The molecular formula is C50H29N5. The van der Waals surface area contributed by atoms with Crippen molar-refractivity contribution in [3.05, 3.63) is 187 Å². The van der Waals surface area contributed by atoms with Crippen LogP contribution in [-0.4, -0.2) is 13.7 Å². The van der Waals surface area contributed by atoms with Gasteiger partial charge in [0.1, 0.15) is 0 Å². The van der Waals surface area contributed by atoms with E-state index in [0.29, 0.717) is 11.1 Å². The van der Waals surface area contributed by atoms with Crippen LogP contribution in [0.1, 0.15) is 11.1 Å². The highest BCUT2D eigenvalue weighted by Gasteiger charge is 2.22. The zero-order valence-corrected chi connectivity index (χ0v) is 29.5. The number of nitrogens with zero attached hydrogens (tertiary/aromatic N) is 5. The van der Waals surface area contributed by atoms with Gasteiger partial charge in [-0.2, -0.15) is 10.5 Å². The van der Waals surface area contributed by atoms with E-state index in [1.54, 1.807) is 0 Å². The summed E-state index contributed by atoms with van der Waals surface area (Å²) in [4.78, 5) is 0. The summed E-state index contributed by atoms with van der Waals surface area (Å²) >= 11 is 0. The number of fused-ring (bicyclic) bond motifs is 9. The number of hydrogen-bond donors (Lipinski definition) is 0.